The molecule has 0 bridgehead atoms. The summed E-state index contributed by atoms with van der Waals surface area (Å²) in [4.78, 5) is 10.4. The molecule has 0 aliphatic carbocycles. The second kappa shape index (κ2) is 15.1. The number of hydrogen-bond donors (Lipinski definition) is 1. The van der Waals surface area contributed by atoms with E-state index < -0.39 is 19.1 Å². The maximum Gasteiger partial charge on any atom is 0.149 e. The summed E-state index contributed by atoms with van der Waals surface area (Å²) in [5.41, 5.74) is 9.87. The Labute approximate surface area is 365 Å². The summed E-state index contributed by atoms with van der Waals surface area (Å²) in [5, 5.41) is 12.5. The Morgan fingerprint density at radius 3 is 1.85 bits per heavy atom. The van der Waals surface area contributed by atoms with Crippen LogP contribution >= 0.6 is 0 Å². The molecule has 8 rings (SSSR count). The highest BCUT2D eigenvalue weighted by Gasteiger charge is 2.29. The van der Waals surface area contributed by atoms with E-state index in [1.54, 1.807) is 18.2 Å². The number of aromatic hydroxyl groups is 1. The average molecular weight is 794 g/mol. The number of benzene rings is 6. The van der Waals surface area contributed by atoms with Crippen molar-refractivity contribution in [3.8, 4) is 67.5 Å². The fourth-order valence-electron chi connectivity index (χ4n) is 7.95. The van der Waals surface area contributed by atoms with Gasteiger partial charge in [-0.3, -0.25) is 9.55 Å². The maximum atomic E-state index is 12.5. The van der Waals surface area contributed by atoms with Crippen LogP contribution in [0.3, 0.4) is 0 Å². The van der Waals surface area contributed by atoms with Crippen LogP contribution in [-0.4, -0.2) is 19.6 Å². The van der Waals surface area contributed by atoms with Gasteiger partial charge in [-0.1, -0.05) is 147 Å². The monoisotopic (exact) mass is 793 g/mol. The van der Waals surface area contributed by atoms with Crippen LogP contribution in [0.25, 0.3) is 72.7 Å². The van der Waals surface area contributed by atoms with Crippen molar-refractivity contribution in [3.05, 3.63) is 167 Å². The molecule has 0 aliphatic rings. The van der Waals surface area contributed by atoms with Gasteiger partial charge >= 0.3 is 0 Å². The second-order valence-corrected chi connectivity index (χ2v) is 19.0. The van der Waals surface area contributed by atoms with Crippen LogP contribution in [0.2, 0.25) is 0 Å². The van der Waals surface area contributed by atoms with Crippen molar-refractivity contribution in [1.82, 2.24) is 14.5 Å². The molecule has 4 heteroatoms. The predicted molar refractivity (Wildman–Crippen MR) is 253 cm³/mol. The zero-order valence-corrected chi connectivity index (χ0v) is 36.1. The molecular weight excluding hydrogens is 731 g/mol. The molecule has 2 heterocycles. The van der Waals surface area contributed by atoms with Gasteiger partial charge in [0.1, 0.15) is 11.6 Å². The van der Waals surface area contributed by atoms with E-state index in [1.807, 2.05) is 77.5 Å². The summed E-state index contributed by atoms with van der Waals surface area (Å²) in [6.07, 6.45) is 1.84. The molecule has 1 N–H and O–H groups in total. The zero-order chi connectivity index (χ0) is 47.7. The number of pyridine rings is 1. The third kappa shape index (κ3) is 7.68. The number of phenolic OH excluding ortho intramolecular Hbond substituents is 1. The largest absolute Gasteiger partial charge is 0.507 e. The molecule has 302 valence electrons. The van der Waals surface area contributed by atoms with Crippen molar-refractivity contribution in [2.45, 2.75) is 92.3 Å². The minimum absolute atomic E-state index is 0.0634. The SMILES string of the molecule is [2H]C([2H])([2H])c1cc(-n2c(-c3cc(C(C)(C)C)cc(C(C)(C)C)c3O)nc3c(-c4cc(-c5cc(-c6ccccc6)ccn5)cc(C(C)(C)C)c4)cccc32)cc(-c2ccccc2)c1C([2H])([2H])[2H]. The average Bonchev–Trinajstić information content (AvgIpc) is 3.64. The first-order chi connectivity index (χ1) is 30.8. The molecule has 0 aliphatic heterocycles. The van der Waals surface area contributed by atoms with Gasteiger partial charge < -0.3 is 5.11 Å². The standard InChI is InChI=1S/C56H57N3O/c1-35-27-44(34-46(36(35)2)38-21-16-13-17-22-38)59-50-24-18-23-45(51(50)58-53(59)47-32-43(55(6,7)8)33-48(52(47)60)56(9,10)11)40-28-41(30-42(29-40)54(3,4)5)49-31-39(25-26-57-49)37-19-14-12-15-20-37/h12-34,60H,1-11H3/i1D3,2D3. The number of hydrogen-bond acceptors (Lipinski definition) is 3. The van der Waals surface area contributed by atoms with Crippen LogP contribution in [-0.2, 0) is 16.2 Å². The second-order valence-electron chi connectivity index (χ2n) is 19.0. The minimum Gasteiger partial charge on any atom is -0.507 e. The van der Waals surface area contributed by atoms with Crippen molar-refractivity contribution in [2.24, 2.45) is 0 Å². The van der Waals surface area contributed by atoms with E-state index in [0.29, 0.717) is 33.7 Å². The third-order valence-corrected chi connectivity index (χ3v) is 11.4. The number of aromatic nitrogens is 3. The maximum absolute atomic E-state index is 12.5. The topological polar surface area (TPSA) is 50.9 Å². The van der Waals surface area contributed by atoms with Crippen LogP contribution in [0.4, 0.5) is 0 Å². The van der Waals surface area contributed by atoms with Crippen LogP contribution in [0.5, 0.6) is 5.75 Å². The summed E-state index contributed by atoms with van der Waals surface area (Å²) in [7, 11) is 0. The summed E-state index contributed by atoms with van der Waals surface area (Å²) in [5.74, 6) is 0.446. The van der Waals surface area contributed by atoms with Gasteiger partial charge in [-0.05, 0) is 129 Å². The Bertz CT molecular complexity index is 3110. The molecule has 6 aromatic carbocycles. The van der Waals surface area contributed by atoms with E-state index in [4.69, 9.17) is 18.2 Å². The van der Waals surface area contributed by atoms with Crippen molar-refractivity contribution in [2.75, 3.05) is 0 Å². The van der Waals surface area contributed by atoms with Gasteiger partial charge in [-0.25, -0.2) is 4.98 Å². The zero-order valence-electron chi connectivity index (χ0n) is 42.1. The lowest BCUT2D eigenvalue weighted by Crippen LogP contribution is -2.17. The van der Waals surface area contributed by atoms with Crippen molar-refractivity contribution in [3.63, 3.8) is 0 Å². The fourth-order valence-corrected chi connectivity index (χ4v) is 7.95. The Balaban J connectivity index is 1.50. The van der Waals surface area contributed by atoms with Gasteiger partial charge in [0.05, 0.1) is 22.3 Å². The quantitative estimate of drug-likeness (QED) is 0.182. The van der Waals surface area contributed by atoms with Crippen LogP contribution < -0.4 is 0 Å². The Kier molecular flexibility index (Phi) is 8.44. The van der Waals surface area contributed by atoms with E-state index in [9.17, 15) is 5.11 Å². The van der Waals surface area contributed by atoms with Crippen LogP contribution in [0.1, 0.15) is 98.4 Å². The molecule has 0 saturated heterocycles. The fraction of sp³-hybridized carbons (Fsp3) is 0.250. The summed E-state index contributed by atoms with van der Waals surface area (Å²) >= 11 is 0. The Morgan fingerprint density at radius 1 is 0.533 bits per heavy atom. The first-order valence-electron chi connectivity index (χ1n) is 23.6. The molecular formula is C56H57N3O. The number of rotatable bonds is 6. The number of nitrogens with zero attached hydrogens (tertiary/aromatic N) is 3. The molecule has 0 amide bonds. The van der Waals surface area contributed by atoms with Gasteiger partial charge in [0.2, 0.25) is 0 Å². The smallest absolute Gasteiger partial charge is 0.149 e. The van der Waals surface area contributed by atoms with Crippen molar-refractivity contribution in [1.29, 1.82) is 0 Å². The molecule has 0 spiro atoms. The lowest BCUT2D eigenvalue weighted by Gasteiger charge is -2.27. The molecule has 0 unspecified atom stereocenters. The van der Waals surface area contributed by atoms with Crippen LogP contribution in [0.15, 0.2) is 140 Å². The summed E-state index contributed by atoms with van der Waals surface area (Å²) in [6.45, 7) is 13.6. The first kappa shape index (κ1) is 33.6. The van der Waals surface area contributed by atoms with E-state index in [2.05, 4.69) is 105 Å². The van der Waals surface area contributed by atoms with Crippen LogP contribution in [0, 0.1) is 13.7 Å². The number of fused-ring (bicyclic) bond motifs is 1. The molecule has 8 aromatic rings. The summed E-state index contributed by atoms with van der Waals surface area (Å²) in [6, 6.07) is 43.1. The Morgan fingerprint density at radius 2 is 1.20 bits per heavy atom. The molecule has 0 atom stereocenters. The lowest BCUT2D eigenvalue weighted by molar-refractivity contribution is 0.446. The molecule has 2 aromatic heterocycles. The minimum atomic E-state index is -2.80. The number of imidazole rings is 1. The van der Waals surface area contributed by atoms with Gasteiger partial charge in [0.15, 0.2) is 0 Å². The molecule has 0 fully saturated rings. The number of aryl methyl sites for hydroxylation is 1. The van der Waals surface area contributed by atoms with E-state index in [1.165, 1.54) is 6.07 Å². The highest BCUT2D eigenvalue weighted by atomic mass is 16.3. The van der Waals surface area contributed by atoms with Gasteiger partial charge in [0, 0.05) is 36.8 Å². The van der Waals surface area contributed by atoms with Crippen molar-refractivity contribution >= 4 is 11.0 Å². The predicted octanol–water partition coefficient (Wildman–Crippen LogP) is 15.0. The highest BCUT2D eigenvalue weighted by molar-refractivity contribution is 5.97. The normalized spacial score (nSPS) is 14.2. The van der Waals surface area contributed by atoms with Gasteiger partial charge in [-0.2, -0.15) is 0 Å². The summed E-state index contributed by atoms with van der Waals surface area (Å²) < 4.78 is 54.2. The lowest BCUT2D eigenvalue weighted by atomic mass is 9.79. The highest BCUT2D eigenvalue weighted by Crippen LogP contribution is 2.45. The van der Waals surface area contributed by atoms with E-state index >= 15 is 0 Å². The number of phenols is 1. The van der Waals surface area contributed by atoms with E-state index in [0.717, 1.165) is 50.2 Å². The molecule has 4 nitrogen and oxygen atoms in total. The van der Waals surface area contributed by atoms with Crippen molar-refractivity contribution < 1.29 is 13.3 Å². The van der Waals surface area contributed by atoms with Gasteiger partial charge in [-0.15, -0.1) is 0 Å². The van der Waals surface area contributed by atoms with E-state index in [-0.39, 0.29) is 33.3 Å². The van der Waals surface area contributed by atoms with Gasteiger partial charge in [0.25, 0.3) is 0 Å². The third-order valence-electron chi connectivity index (χ3n) is 11.4. The molecule has 0 saturated carbocycles. The first-order valence-corrected chi connectivity index (χ1v) is 20.6. The molecule has 60 heavy (non-hydrogen) atoms. The number of para-hydroxylation sites is 1. The Hall–Kier alpha value is -6.26. The molecule has 0 radical (unpaired) electrons.